The van der Waals surface area contributed by atoms with Gasteiger partial charge in [-0.1, -0.05) is 30.3 Å². The van der Waals surface area contributed by atoms with E-state index in [4.69, 9.17) is 0 Å². The second-order valence-corrected chi connectivity index (χ2v) is 4.43. The summed E-state index contributed by atoms with van der Waals surface area (Å²) >= 11 is 0. The topological polar surface area (TPSA) is 52.5 Å². The molecule has 1 aliphatic rings. The van der Waals surface area contributed by atoms with Gasteiger partial charge in [0.05, 0.1) is 12.2 Å². The van der Waals surface area contributed by atoms with Crippen molar-refractivity contribution < 1.29 is 10.2 Å². The van der Waals surface area contributed by atoms with Gasteiger partial charge in [-0.25, -0.2) is 0 Å². The first-order chi connectivity index (χ1) is 7.77. The highest BCUT2D eigenvalue weighted by Crippen LogP contribution is 2.22. The summed E-state index contributed by atoms with van der Waals surface area (Å²) in [4.78, 5) is 0. The molecule has 1 fully saturated rings. The van der Waals surface area contributed by atoms with Crippen molar-refractivity contribution in [3.63, 3.8) is 0 Å². The van der Waals surface area contributed by atoms with Crippen molar-refractivity contribution in [1.82, 2.24) is 5.32 Å². The molecule has 1 aromatic carbocycles. The fourth-order valence-electron chi connectivity index (χ4n) is 2.23. The smallest absolute Gasteiger partial charge is 0.0805 e. The van der Waals surface area contributed by atoms with Crippen LogP contribution in [-0.4, -0.2) is 28.9 Å². The molecule has 0 saturated carbocycles. The van der Waals surface area contributed by atoms with Gasteiger partial charge in [0.15, 0.2) is 0 Å². The van der Waals surface area contributed by atoms with E-state index < -0.39 is 6.10 Å². The molecule has 0 aromatic heterocycles. The molecule has 3 N–H and O–H groups in total. The van der Waals surface area contributed by atoms with Gasteiger partial charge in [0.25, 0.3) is 0 Å². The van der Waals surface area contributed by atoms with Crippen molar-refractivity contribution in [3.05, 3.63) is 35.9 Å². The van der Waals surface area contributed by atoms with Crippen LogP contribution >= 0.6 is 0 Å². The molecule has 0 unspecified atom stereocenters. The molecular formula is C13H19NO2. The molecule has 0 radical (unpaired) electrons. The highest BCUT2D eigenvalue weighted by Gasteiger charge is 2.25. The van der Waals surface area contributed by atoms with E-state index in [9.17, 15) is 10.2 Å². The van der Waals surface area contributed by atoms with Crippen LogP contribution in [0.4, 0.5) is 0 Å². The summed E-state index contributed by atoms with van der Waals surface area (Å²) in [5, 5.41) is 23.1. The number of benzene rings is 1. The zero-order valence-corrected chi connectivity index (χ0v) is 9.34. The maximum absolute atomic E-state index is 10.0. The minimum absolute atomic E-state index is 0.0176. The highest BCUT2D eigenvalue weighted by molar-refractivity contribution is 5.17. The Morgan fingerprint density at radius 1 is 1.31 bits per heavy atom. The third kappa shape index (κ3) is 2.82. The lowest BCUT2D eigenvalue weighted by molar-refractivity contribution is 0.0595. The standard InChI is InChI=1S/C13H19NO2/c15-12-7-4-8-14-11(12)9-13(16)10-5-2-1-3-6-10/h1-3,5-6,11-16H,4,7-9H2/t11-,12-,13+/m1/s1. The molecule has 88 valence electrons. The Labute approximate surface area is 96.1 Å². The Morgan fingerprint density at radius 3 is 2.75 bits per heavy atom. The number of aliphatic hydroxyl groups excluding tert-OH is 2. The lowest BCUT2D eigenvalue weighted by atomic mass is 9.94. The maximum atomic E-state index is 10.0. The fraction of sp³-hybridized carbons (Fsp3) is 0.538. The number of hydrogen-bond donors (Lipinski definition) is 3. The molecule has 0 spiro atoms. The number of nitrogens with one attached hydrogen (secondary N) is 1. The number of hydrogen-bond acceptors (Lipinski definition) is 3. The monoisotopic (exact) mass is 221 g/mol. The molecule has 16 heavy (non-hydrogen) atoms. The lowest BCUT2D eigenvalue weighted by Gasteiger charge is -2.30. The summed E-state index contributed by atoms with van der Waals surface area (Å²) in [6.07, 6.45) is 1.60. The molecule has 2 rings (SSSR count). The van der Waals surface area contributed by atoms with E-state index >= 15 is 0 Å². The third-order valence-electron chi connectivity index (χ3n) is 3.21. The highest BCUT2D eigenvalue weighted by atomic mass is 16.3. The third-order valence-corrected chi connectivity index (χ3v) is 3.21. The normalized spacial score (nSPS) is 27.6. The van der Waals surface area contributed by atoms with E-state index in [0.717, 1.165) is 24.9 Å². The molecular weight excluding hydrogens is 202 g/mol. The second-order valence-electron chi connectivity index (χ2n) is 4.43. The second kappa shape index (κ2) is 5.43. The molecule has 3 nitrogen and oxygen atoms in total. The van der Waals surface area contributed by atoms with Crippen LogP contribution in [0, 0.1) is 0 Å². The summed E-state index contributed by atoms with van der Waals surface area (Å²) < 4.78 is 0. The van der Waals surface area contributed by atoms with Gasteiger partial charge in [-0.15, -0.1) is 0 Å². The van der Waals surface area contributed by atoms with Gasteiger partial charge >= 0.3 is 0 Å². The van der Waals surface area contributed by atoms with Crippen LogP contribution < -0.4 is 5.32 Å². The number of rotatable bonds is 3. The van der Waals surface area contributed by atoms with E-state index in [1.54, 1.807) is 0 Å². The summed E-state index contributed by atoms with van der Waals surface area (Å²) in [6, 6.07) is 9.62. The first-order valence-corrected chi connectivity index (χ1v) is 5.92. The average Bonchev–Trinajstić information content (AvgIpc) is 2.33. The fourth-order valence-corrected chi connectivity index (χ4v) is 2.23. The van der Waals surface area contributed by atoms with E-state index in [2.05, 4.69) is 5.32 Å². The van der Waals surface area contributed by atoms with Crippen LogP contribution in [0.1, 0.15) is 30.9 Å². The van der Waals surface area contributed by atoms with E-state index in [1.165, 1.54) is 0 Å². The van der Waals surface area contributed by atoms with Crippen molar-refractivity contribution in [2.24, 2.45) is 0 Å². The predicted octanol–water partition coefficient (Wildman–Crippen LogP) is 1.22. The van der Waals surface area contributed by atoms with E-state index in [1.807, 2.05) is 30.3 Å². The van der Waals surface area contributed by atoms with Gasteiger partial charge in [-0.05, 0) is 31.4 Å². The Bertz CT molecular complexity index is 315. The minimum Gasteiger partial charge on any atom is -0.392 e. The zero-order chi connectivity index (χ0) is 11.4. The molecule has 1 heterocycles. The summed E-state index contributed by atoms with van der Waals surface area (Å²) in [5.41, 5.74) is 0.919. The molecule has 0 aliphatic carbocycles. The van der Waals surface area contributed by atoms with Crippen LogP contribution in [0.25, 0.3) is 0 Å². The predicted molar refractivity (Wildman–Crippen MR) is 63.1 cm³/mol. The zero-order valence-electron chi connectivity index (χ0n) is 9.34. The van der Waals surface area contributed by atoms with Crippen molar-refractivity contribution >= 4 is 0 Å². The van der Waals surface area contributed by atoms with Crippen LogP contribution in [-0.2, 0) is 0 Å². The molecule has 0 amide bonds. The summed E-state index contributed by atoms with van der Waals surface area (Å²) in [5.74, 6) is 0. The Kier molecular flexibility index (Phi) is 3.93. The van der Waals surface area contributed by atoms with Crippen LogP contribution in [0.5, 0.6) is 0 Å². The molecule has 1 aromatic rings. The van der Waals surface area contributed by atoms with Gasteiger partial charge in [-0.3, -0.25) is 0 Å². The van der Waals surface area contributed by atoms with Gasteiger partial charge in [0.1, 0.15) is 0 Å². The van der Waals surface area contributed by atoms with Crippen molar-refractivity contribution in [1.29, 1.82) is 0 Å². The SMILES string of the molecule is O[C@@H]1CCCN[C@@H]1C[C@H](O)c1ccccc1. The van der Waals surface area contributed by atoms with Gasteiger partial charge in [0.2, 0.25) is 0 Å². The van der Waals surface area contributed by atoms with Gasteiger partial charge in [0, 0.05) is 6.04 Å². The first-order valence-electron chi connectivity index (χ1n) is 5.92. The molecule has 3 atom stereocenters. The van der Waals surface area contributed by atoms with Crippen molar-refractivity contribution in [3.8, 4) is 0 Å². The van der Waals surface area contributed by atoms with Crippen LogP contribution in [0.2, 0.25) is 0 Å². The Balaban J connectivity index is 1.94. The minimum atomic E-state index is -0.494. The van der Waals surface area contributed by atoms with Crippen molar-refractivity contribution in [2.45, 2.75) is 37.5 Å². The largest absolute Gasteiger partial charge is 0.392 e. The van der Waals surface area contributed by atoms with Gasteiger partial charge < -0.3 is 15.5 Å². The quantitative estimate of drug-likeness (QED) is 0.719. The van der Waals surface area contributed by atoms with Crippen LogP contribution in [0.15, 0.2) is 30.3 Å². The molecule has 1 saturated heterocycles. The Morgan fingerprint density at radius 2 is 2.06 bits per heavy atom. The summed E-state index contributed by atoms with van der Waals surface area (Å²) in [7, 11) is 0. The molecule has 3 heteroatoms. The Hall–Kier alpha value is -0.900. The maximum Gasteiger partial charge on any atom is 0.0805 e. The number of aliphatic hydroxyl groups is 2. The van der Waals surface area contributed by atoms with Crippen LogP contribution in [0.3, 0.4) is 0 Å². The number of piperidine rings is 1. The summed E-state index contributed by atoms with van der Waals surface area (Å²) in [6.45, 7) is 0.934. The average molecular weight is 221 g/mol. The van der Waals surface area contributed by atoms with E-state index in [-0.39, 0.29) is 12.1 Å². The van der Waals surface area contributed by atoms with Gasteiger partial charge in [-0.2, -0.15) is 0 Å². The van der Waals surface area contributed by atoms with E-state index in [0.29, 0.717) is 6.42 Å². The lowest BCUT2D eigenvalue weighted by Crippen LogP contribution is -2.45. The molecule has 1 aliphatic heterocycles. The first kappa shape index (κ1) is 11.6. The molecule has 0 bridgehead atoms. The van der Waals surface area contributed by atoms with Crippen molar-refractivity contribution in [2.75, 3.05) is 6.54 Å².